The number of methoxy groups -OCH3 is 1. The number of pyridine rings is 1. The van der Waals surface area contributed by atoms with Gasteiger partial charge >= 0.3 is 12.1 Å². The Hall–Kier alpha value is -4.92. The van der Waals surface area contributed by atoms with Crippen molar-refractivity contribution in [1.29, 1.82) is 0 Å². The zero-order valence-corrected chi connectivity index (χ0v) is 29.9. The average Bonchev–Trinajstić information content (AvgIpc) is 3.54. The number of hydrogen-bond acceptors (Lipinski definition) is 11. The molecule has 276 valence electrons. The first-order valence-corrected chi connectivity index (χ1v) is 18.9. The quantitative estimate of drug-likeness (QED) is 0.243. The van der Waals surface area contributed by atoms with Gasteiger partial charge in [-0.05, 0) is 63.5 Å². The average molecular weight is 733 g/mol. The molecule has 15 heteroatoms. The molecule has 2 saturated carbocycles. The molecule has 3 fully saturated rings. The molecule has 5 atom stereocenters. The van der Waals surface area contributed by atoms with Gasteiger partial charge < -0.3 is 40.6 Å². The van der Waals surface area contributed by atoms with E-state index in [0.29, 0.717) is 51.8 Å². The Morgan fingerprint density at radius 1 is 1.06 bits per heavy atom. The Labute approximate surface area is 305 Å². The van der Waals surface area contributed by atoms with Crippen LogP contribution in [0.1, 0.15) is 70.6 Å². The van der Waals surface area contributed by atoms with E-state index < -0.39 is 47.6 Å². The molecule has 4 aliphatic rings. The number of carbonyl (C=O) groups excluding carboxylic acids is 3. The second-order valence-corrected chi connectivity index (χ2v) is 15.0. The number of anilines is 1. The van der Waals surface area contributed by atoms with Gasteiger partial charge in [0.15, 0.2) is 5.13 Å². The lowest BCUT2D eigenvalue weighted by atomic mass is 10.0. The first kappa shape index (κ1) is 35.5. The minimum Gasteiger partial charge on any atom is -0.497 e. The number of nitrogens with one attached hydrogen (secondary N) is 2. The second-order valence-electron chi connectivity index (χ2n) is 14.1. The van der Waals surface area contributed by atoms with Crippen molar-refractivity contribution in [3.05, 3.63) is 41.8 Å². The number of fused-ring (bicyclic) bond motifs is 3. The van der Waals surface area contributed by atoms with E-state index in [0.717, 1.165) is 44.9 Å². The molecule has 4 heterocycles. The number of nitrogens with zero attached hydrogens (tertiary/aromatic N) is 3. The van der Waals surface area contributed by atoms with E-state index >= 15 is 0 Å². The van der Waals surface area contributed by atoms with E-state index in [4.69, 9.17) is 24.9 Å². The van der Waals surface area contributed by atoms with Gasteiger partial charge in [-0.15, -0.1) is 11.3 Å². The highest BCUT2D eigenvalue weighted by Crippen LogP contribution is 2.45. The maximum atomic E-state index is 14.5. The number of benzene rings is 1. The first-order chi connectivity index (χ1) is 25.1. The van der Waals surface area contributed by atoms with Crippen LogP contribution in [-0.4, -0.2) is 87.3 Å². The number of carbonyl (C=O) groups is 4. The highest BCUT2D eigenvalue weighted by molar-refractivity contribution is 7.13. The number of allylic oxidation sites excluding steroid dienone is 1. The van der Waals surface area contributed by atoms with Gasteiger partial charge in [0.05, 0.1) is 24.9 Å². The molecule has 14 nitrogen and oxygen atoms in total. The number of hydrogen-bond donors (Lipinski definition) is 4. The van der Waals surface area contributed by atoms with Crippen LogP contribution in [0.2, 0.25) is 0 Å². The van der Waals surface area contributed by atoms with Crippen molar-refractivity contribution in [3.8, 4) is 22.9 Å². The van der Waals surface area contributed by atoms with Crippen LogP contribution >= 0.6 is 11.3 Å². The summed E-state index contributed by atoms with van der Waals surface area (Å²) in [5, 5.41) is 18.7. The summed E-state index contributed by atoms with van der Waals surface area (Å²) in [6, 6.07) is 5.16. The van der Waals surface area contributed by atoms with Crippen LogP contribution in [-0.2, 0) is 19.1 Å². The zero-order valence-electron chi connectivity index (χ0n) is 29.0. The molecule has 2 aromatic heterocycles. The van der Waals surface area contributed by atoms with Crippen LogP contribution in [0.15, 0.2) is 41.8 Å². The fourth-order valence-corrected chi connectivity index (χ4v) is 8.15. The SMILES string of the molecule is COc1ccc2c(O[C@@H]3C[C@H]4C(=O)NC5(C(=O)O)CC5/C=C\CCCCC[C@H](NC(=O)OC5CCCC5)C(=O)N4C3)cc(-c3csc(N)n3)nc2c1. The number of ether oxygens (including phenoxy) is 3. The number of rotatable bonds is 7. The van der Waals surface area contributed by atoms with E-state index in [1.807, 2.05) is 18.2 Å². The molecular formula is C37H44N6O8S. The molecule has 52 heavy (non-hydrogen) atoms. The number of carboxylic acid groups (broad SMARTS) is 1. The number of carboxylic acids is 1. The molecule has 2 aliphatic carbocycles. The van der Waals surface area contributed by atoms with Crippen molar-refractivity contribution in [3.63, 3.8) is 0 Å². The van der Waals surface area contributed by atoms with Crippen molar-refractivity contribution < 1.29 is 38.5 Å². The zero-order chi connectivity index (χ0) is 36.4. The summed E-state index contributed by atoms with van der Waals surface area (Å²) in [5.41, 5.74) is 6.15. The number of amides is 3. The van der Waals surface area contributed by atoms with Crippen LogP contribution in [0.25, 0.3) is 22.3 Å². The molecule has 2 aliphatic heterocycles. The van der Waals surface area contributed by atoms with Crippen molar-refractivity contribution in [2.24, 2.45) is 5.92 Å². The summed E-state index contributed by atoms with van der Waals surface area (Å²) in [6.07, 6.45) is 9.64. The molecular weight excluding hydrogens is 689 g/mol. The third-order valence-electron chi connectivity index (χ3n) is 10.5. The molecule has 2 unspecified atom stereocenters. The van der Waals surface area contributed by atoms with Gasteiger partial charge in [0.25, 0.3) is 0 Å². The van der Waals surface area contributed by atoms with Gasteiger partial charge in [0.2, 0.25) is 11.8 Å². The van der Waals surface area contributed by atoms with E-state index in [9.17, 15) is 24.3 Å². The number of alkyl carbamates (subject to hydrolysis) is 1. The molecule has 1 saturated heterocycles. The summed E-state index contributed by atoms with van der Waals surface area (Å²) in [6.45, 7) is 0.0229. The molecule has 0 radical (unpaired) electrons. The van der Waals surface area contributed by atoms with Crippen LogP contribution in [0, 0.1) is 5.92 Å². The number of nitrogen functional groups attached to an aromatic ring is 1. The highest BCUT2D eigenvalue weighted by atomic mass is 32.1. The Bertz CT molecular complexity index is 1880. The number of thiazole rings is 1. The lowest BCUT2D eigenvalue weighted by molar-refractivity contribution is -0.145. The van der Waals surface area contributed by atoms with Crippen LogP contribution < -0.4 is 25.8 Å². The Kier molecular flexibility index (Phi) is 10.2. The van der Waals surface area contributed by atoms with E-state index in [1.54, 1.807) is 30.7 Å². The van der Waals surface area contributed by atoms with Crippen molar-refractivity contribution in [2.75, 3.05) is 19.4 Å². The lowest BCUT2D eigenvalue weighted by Crippen LogP contribution is -2.56. The fraction of sp³-hybridized carbons (Fsp3) is 0.514. The second kappa shape index (κ2) is 15.0. The summed E-state index contributed by atoms with van der Waals surface area (Å²) in [7, 11) is 1.57. The van der Waals surface area contributed by atoms with Crippen LogP contribution in [0.5, 0.6) is 11.5 Å². The maximum absolute atomic E-state index is 14.5. The summed E-state index contributed by atoms with van der Waals surface area (Å²) in [5.74, 6) is -1.44. The van der Waals surface area contributed by atoms with Crippen molar-refractivity contribution >= 4 is 51.2 Å². The predicted molar refractivity (Wildman–Crippen MR) is 193 cm³/mol. The van der Waals surface area contributed by atoms with Gasteiger partial charge in [-0.25, -0.2) is 19.6 Å². The maximum Gasteiger partial charge on any atom is 0.408 e. The van der Waals surface area contributed by atoms with Crippen LogP contribution in [0.3, 0.4) is 0 Å². The normalized spacial score (nSPS) is 27.4. The number of aliphatic carboxylic acids is 1. The van der Waals surface area contributed by atoms with Gasteiger partial charge in [-0.3, -0.25) is 9.59 Å². The third kappa shape index (κ3) is 7.50. The van der Waals surface area contributed by atoms with E-state index in [-0.39, 0.29) is 31.4 Å². The topological polar surface area (TPSA) is 195 Å². The Balaban J connectivity index is 1.20. The Morgan fingerprint density at radius 3 is 2.62 bits per heavy atom. The molecule has 1 aromatic carbocycles. The standard InChI is InChI=1S/C37H44N6O8S/c1-49-23-13-14-25-27(15-23)39-28(29-20-52-35(38)40-29)17-31(25)50-24-16-30-32(44)42-37(34(46)47)18-21(37)9-5-3-2-4-6-12-26(33(45)43(30)19-24)41-36(48)51-22-10-7-8-11-22/h5,9,13-15,17,20-22,24,26,30H,2-4,6-8,10-12,16,18-19H2,1H3,(H2,38,40)(H,41,48)(H,42,44)(H,46,47)/b9-5-/t21?,24-,26+,30+,37?/m1/s1. The summed E-state index contributed by atoms with van der Waals surface area (Å²) in [4.78, 5) is 64.8. The summed E-state index contributed by atoms with van der Waals surface area (Å²) >= 11 is 1.28. The van der Waals surface area contributed by atoms with Gasteiger partial charge in [-0.2, -0.15) is 0 Å². The fourth-order valence-electron chi connectivity index (χ4n) is 7.60. The minimum atomic E-state index is -1.45. The van der Waals surface area contributed by atoms with Crippen molar-refractivity contribution in [2.45, 2.75) is 100 Å². The molecule has 0 spiro atoms. The first-order valence-electron chi connectivity index (χ1n) is 18.0. The molecule has 0 bridgehead atoms. The number of aromatic nitrogens is 2. The third-order valence-corrected chi connectivity index (χ3v) is 11.2. The largest absolute Gasteiger partial charge is 0.497 e. The predicted octanol–water partition coefficient (Wildman–Crippen LogP) is 4.81. The smallest absolute Gasteiger partial charge is 0.408 e. The lowest BCUT2D eigenvalue weighted by Gasteiger charge is -2.29. The molecule has 5 N–H and O–H groups in total. The van der Waals surface area contributed by atoms with Gasteiger partial charge in [0.1, 0.15) is 47.0 Å². The molecule has 3 amide bonds. The van der Waals surface area contributed by atoms with E-state index in [1.165, 1.54) is 16.2 Å². The molecule has 3 aromatic rings. The van der Waals surface area contributed by atoms with Crippen LogP contribution in [0.4, 0.5) is 9.93 Å². The monoisotopic (exact) mass is 732 g/mol. The summed E-state index contributed by atoms with van der Waals surface area (Å²) < 4.78 is 17.7. The number of nitrogens with two attached hydrogens (primary N) is 1. The molecule has 7 rings (SSSR count). The van der Waals surface area contributed by atoms with Gasteiger partial charge in [0, 0.05) is 35.2 Å². The Morgan fingerprint density at radius 2 is 1.87 bits per heavy atom. The minimum absolute atomic E-state index is 0.0229. The van der Waals surface area contributed by atoms with E-state index in [2.05, 4.69) is 15.6 Å². The highest BCUT2D eigenvalue weighted by Gasteiger charge is 2.61. The van der Waals surface area contributed by atoms with Gasteiger partial charge in [-0.1, -0.05) is 25.0 Å². The van der Waals surface area contributed by atoms with Crippen molar-refractivity contribution in [1.82, 2.24) is 25.5 Å².